The number of hydrogen-bond donors (Lipinski definition) is 0. The van der Waals surface area contributed by atoms with Gasteiger partial charge in [-0.1, -0.05) is 6.92 Å². The predicted octanol–water partition coefficient (Wildman–Crippen LogP) is 1.37. The maximum atomic E-state index is 12.6. The van der Waals surface area contributed by atoms with Gasteiger partial charge in [0.1, 0.15) is 0 Å². The first-order chi connectivity index (χ1) is 9.04. The molecular formula is C15H23N3O. The number of aromatic nitrogens is 1. The molecule has 0 aromatic carbocycles. The Morgan fingerprint density at radius 3 is 2.68 bits per heavy atom. The third-order valence-electron chi connectivity index (χ3n) is 4.70. The van der Waals surface area contributed by atoms with Crippen LogP contribution in [0.3, 0.4) is 0 Å². The van der Waals surface area contributed by atoms with Gasteiger partial charge in [-0.2, -0.15) is 0 Å². The molecule has 1 spiro atoms. The maximum Gasteiger partial charge on any atom is 0.255 e. The number of aryl methyl sites for hydroxylation is 1. The van der Waals surface area contributed by atoms with Crippen LogP contribution in [0.2, 0.25) is 0 Å². The molecule has 4 heteroatoms. The van der Waals surface area contributed by atoms with E-state index in [0.717, 1.165) is 50.3 Å². The van der Waals surface area contributed by atoms with Gasteiger partial charge in [0.25, 0.3) is 5.91 Å². The molecule has 0 saturated carbocycles. The van der Waals surface area contributed by atoms with Crippen LogP contribution in [0.25, 0.3) is 0 Å². The summed E-state index contributed by atoms with van der Waals surface area (Å²) in [5.74, 6) is 0.226. The number of rotatable bonds is 2. The zero-order valence-corrected chi connectivity index (χ0v) is 12.1. The zero-order chi connectivity index (χ0) is 13.6. The van der Waals surface area contributed by atoms with Crippen molar-refractivity contribution in [2.45, 2.75) is 19.8 Å². The fourth-order valence-electron chi connectivity index (χ4n) is 3.83. The lowest BCUT2D eigenvalue weighted by Crippen LogP contribution is -2.55. The molecule has 0 atom stereocenters. The van der Waals surface area contributed by atoms with Crippen molar-refractivity contribution in [1.82, 2.24) is 14.4 Å². The van der Waals surface area contributed by atoms with Gasteiger partial charge in [-0.25, -0.2) is 0 Å². The van der Waals surface area contributed by atoms with E-state index >= 15 is 0 Å². The average Bonchev–Trinajstić information content (AvgIpc) is 2.92. The highest BCUT2D eigenvalue weighted by Crippen LogP contribution is 2.39. The number of carbonyl (C=O) groups is 1. The van der Waals surface area contributed by atoms with E-state index in [2.05, 4.69) is 28.3 Å². The van der Waals surface area contributed by atoms with Crippen LogP contribution in [0, 0.1) is 5.41 Å². The van der Waals surface area contributed by atoms with Crippen LogP contribution in [0.5, 0.6) is 0 Å². The Hall–Kier alpha value is -1.29. The van der Waals surface area contributed by atoms with Crippen molar-refractivity contribution in [2.24, 2.45) is 12.5 Å². The number of carbonyl (C=O) groups excluding carboxylic acids is 1. The summed E-state index contributed by atoms with van der Waals surface area (Å²) in [6.45, 7) is 6.26. The Morgan fingerprint density at radius 2 is 2.05 bits per heavy atom. The van der Waals surface area contributed by atoms with Gasteiger partial charge >= 0.3 is 0 Å². The minimum absolute atomic E-state index is 0.226. The van der Waals surface area contributed by atoms with Crippen LogP contribution in [0.15, 0.2) is 12.3 Å². The summed E-state index contributed by atoms with van der Waals surface area (Å²) in [5, 5.41) is 0. The third-order valence-corrected chi connectivity index (χ3v) is 4.70. The highest BCUT2D eigenvalue weighted by Gasteiger charge is 2.47. The van der Waals surface area contributed by atoms with Crippen LogP contribution in [-0.4, -0.2) is 53.5 Å². The molecule has 1 aromatic heterocycles. The first-order valence-electron chi connectivity index (χ1n) is 7.17. The van der Waals surface area contributed by atoms with Crippen molar-refractivity contribution in [1.29, 1.82) is 0 Å². The van der Waals surface area contributed by atoms with Gasteiger partial charge in [0.15, 0.2) is 0 Å². The Balaban J connectivity index is 1.75. The lowest BCUT2D eigenvalue weighted by molar-refractivity contribution is 0.0293. The van der Waals surface area contributed by atoms with Gasteiger partial charge in [0.05, 0.1) is 5.56 Å². The number of nitrogens with zero attached hydrogens (tertiary/aromatic N) is 3. The van der Waals surface area contributed by atoms with Gasteiger partial charge in [-0.15, -0.1) is 0 Å². The zero-order valence-electron chi connectivity index (χ0n) is 12.1. The SMILES string of the molecule is CCc1c(C(=O)N2CCC3(CN(C)C3)C2)ccn1C. The van der Waals surface area contributed by atoms with E-state index in [9.17, 15) is 4.79 Å². The minimum Gasteiger partial charge on any atom is -0.354 e. The predicted molar refractivity (Wildman–Crippen MR) is 75.2 cm³/mol. The summed E-state index contributed by atoms with van der Waals surface area (Å²) in [6, 6.07) is 1.97. The van der Waals surface area contributed by atoms with E-state index in [-0.39, 0.29) is 5.91 Å². The molecule has 3 rings (SSSR count). The lowest BCUT2D eigenvalue weighted by atomic mass is 9.79. The number of hydrogen-bond acceptors (Lipinski definition) is 2. The molecule has 2 aliphatic rings. The highest BCUT2D eigenvalue weighted by molar-refractivity contribution is 5.95. The summed E-state index contributed by atoms with van der Waals surface area (Å²) in [6.07, 6.45) is 4.07. The fraction of sp³-hybridized carbons (Fsp3) is 0.667. The van der Waals surface area contributed by atoms with E-state index in [1.54, 1.807) is 0 Å². The van der Waals surface area contributed by atoms with Gasteiger partial charge in [0.2, 0.25) is 0 Å². The van der Waals surface area contributed by atoms with Gasteiger partial charge < -0.3 is 14.4 Å². The van der Waals surface area contributed by atoms with Crippen LogP contribution in [0.1, 0.15) is 29.4 Å². The van der Waals surface area contributed by atoms with E-state index in [1.807, 2.05) is 19.3 Å². The first kappa shape index (κ1) is 12.7. The molecular weight excluding hydrogens is 238 g/mol. The lowest BCUT2D eigenvalue weighted by Gasteiger charge is -2.46. The van der Waals surface area contributed by atoms with Crippen LogP contribution in [0.4, 0.5) is 0 Å². The van der Waals surface area contributed by atoms with Gasteiger partial charge in [-0.05, 0) is 26.0 Å². The normalized spacial score (nSPS) is 21.9. The van der Waals surface area contributed by atoms with Crippen molar-refractivity contribution >= 4 is 5.91 Å². The van der Waals surface area contributed by atoms with E-state index in [4.69, 9.17) is 0 Å². The van der Waals surface area contributed by atoms with Gasteiger partial charge in [-0.3, -0.25) is 4.79 Å². The molecule has 2 aliphatic heterocycles. The molecule has 0 N–H and O–H groups in total. The molecule has 0 aliphatic carbocycles. The van der Waals surface area contributed by atoms with Crippen LogP contribution >= 0.6 is 0 Å². The fourth-order valence-corrected chi connectivity index (χ4v) is 3.83. The first-order valence-corrected chi connectivity index (χ1v) is 7.17. The second kappa shape index (κ2) is 4.37. The number of amides is 1. The van der Waals surface area contributed by atoms with Crippen molar-refractivity contribution in [2.75, 3.05) is 33.2 Å². The summed E-state index contributed by atoms with van der Waals surface area (Å²) >= 11 is 0. The number of likely N-dealkylation sites (tertiary alicyclic amines) is 2. The largest absolute Gasteiger partial charge is 0.354 e. The molecule has 104 valence electrons. The molecule has 2 fully saturated rings. The Bertz CT molecular complexity index is 499. The summed E-state index contributed by atoms with van der Waals surface area (Å²) in [4.78, 5) is 17.0. The topological polar surface area (TPSA) is 28.5 Å². The van der Waals surface area contributed by atoms with Crippen LogP contribution < -0.4 is 0 Å². The standard InChI is InChI=1S/C15H23N3O/c1-4-13-12(5-7-17(13)3)14(19)18-8-6-15(11-18)9-16(2)10-15/h5,7H,4,6,8-11H2,1-3H3. The van der Waals surface area contributed by atoms with Crippen LogP contribution in [-0.2, 0) is 13.5 Å². The molecule has 4 nitrogen and oxygen atoms in total. The molecule has 19 heavy (non-hydrogen) atoms. The summed E-state index contributed by atoms with van der Waals surface area (Å²) in [5.41, 5.74) is 2.44. The quantitative estimate of drug-likeness (QED) is 0.804. The third kappa shape index (κ3) is 1.98. The minimum atomic E-state index is 0.226. The summed E-state index contributed by atoms with van der Waals surface area (Å²) in [7, 11) is 4.17. The van der Waals surface area contributed by atoms with Crippen molar-refractivity contribution < 1.29 is 4.79 Å². The second-order valence-corrected chi connectivity index (χ2v) is 6.29. The van der Waals surface area contributed by atoms with Crippen molar-refractivity contribution in [3.63, 3.8) is 0 Å². The highest BCUT2D eigenvalue weighted by atomic mass is 16.2. The monoisotopic (exact) mass is 261 g/mol. The Labute approximate surface area is 115 Å². The van der Waals surface area contributed by atoms with Crippen molar-refractivity contribution in [3.8, 4) is 0 Å². The molecule has 0 radical (unpaired) electrons. The van der Waals surface area contributed by atoms with E-state index < -0.39 is 0 Å². The Kier molecular flexibility index (Phi) is 2.93. The molecule has 1 amide bonds. The van der Waals surface area contributed by atoms with Crippen molar-refractivity contribution in [3.05, 3.63) is 23.5 Å². The smallest absolute Gasteiger partial charge is 0.255 e. The van der Waals surface area contributed by atoms with Gasteiger partial charge in [0, 0.05) is 50.5 Å². The molecule has 2 saturated heterocycles. The second-order valence-electron chi connectivity index (χ2n) is 6.29. The molecule has 3 heterocycles. The maximum absolute atomic E-state index is 12.6. The summed E-state index contributed by atoms with van der Waals surface area (Å²) < 4.78 is 2.07. The van der Waals surface area contributed by atoms with E-state index in [0.29, 0.717) is 5.41 Å². The van der Waals surface area contributed by atoms with E-state index in [1.165, 1.54) is 0 Å². The molecule has 1 aromatic rings. The molecule has 0 bridgehead atoms. The molecule has 0 unspecified atom stereocenters. The average molecular weight is 261 g/mol. The Morgan fingerprint density at radius 1 is 1.32 bits per heavy atom.